The number of para-hydroxylation sites is 1. The third-order valence-electron chi connectivity index (χ3n) is 3.72. The zero-order valence-corrected chi connectivity index (χ0v) is 12.7. The van der Waals surface area contributed by atoms with Crippen LogP contribution in [0, 0.1) is 0 Å². The Kier molecular flexibility index (Phi) is 3.59. The van der Waals surface area contributed by atoms with Gasteiger partial charge in [-0.15, -0.1) is 0 Å². The number of aromatic amines is 1. The molecule has 1 N–H and O–H groups in total. The first-order chi connectivity index (χ1) is 11.8. The molecule has 2 heterocycles. The highest BCUT2D eigenvalue weighted by atomic mass is 16.5. The predicted molar refractivity (Wildman–Crippen MR) is 89.4 cm³/mol. The number of nitrogens with zero attached hydrogens (tertiary/aromatic N) is 1. The van der Waals surface area contributed by atoms with E-state index in [2.05, 4.69) is 10.1 Å². The fourth-order valence-corrected chi connectivity index (χ4v) is 2.52. The molecule has 5 heteroatoms. The summed E-state index contributed by atoms with van der Waals surface area (Å²) >= 11 is 0. The molecule has 4 aromatic rings. The van der Waals surface area contributed by atoms with Crippen LogP contribution in [0.15, 0.2) is 71.3 Å². The summed E-state index contributed by atoms with van der Waals surface area (Å²) in [5.41, 5.74) is 2.82. The zero-order chi connectivity index (χ0) is 16.4. The van der Waals surface area contributed by atoms with Crippen LogP contribution in [-0.4, -0.2) is 16.1 Å². The van der Waals surface area contributed by atoms with Crippen molar-refractivity contribution in [3.8, 4) is 11.3 Å². The van der Waals surface area contributed by atoms with Crippen molar-refractivity contribution < 1.29 is 14.1 Å². The van der Waals surface area contributed by atoms with Gasteiger partial charge in [0.05, 0.1) is 0 Å². The molecule has 0 saturated heterocycles. The van der Waals surface area contributed by atoms with Gasteiger partial charge in [-0.3, -0.25) is 0 Å². The van der Waals surface area contributed by atoms with Gasteiger partial charge in [0.15, 0.2) is 5.76 Å². The molecule has 0 aliphatic heterocycles. The number of carbonyl (C=O) groups is 1. The third-order valence-corrected chi connectivity index (χ3v) is 3.72. The maximum atomic E-state index is 12.2. The molecule has 2 aromatic carbocycles. The van der Waals surface area contributed by atoms with Crippen molar-refractivity contribution in [3.63, 3.8) is 0 Å². The van der Waals surface area contributed by atoms with Crippen LogP contribution < -0.4 is 0 Å². The number of nitrogens with one attached hydrogen (secondary N) is 1. The number of esters is 1. The number of ether oxygens (including phenoxy) is 1. The molecule has 0 radical (unpaired) electrons. The Hall–Kier alpha value is -3.34. The van der Waals surface area contributed by atoms with Gasteiger partial charge < -0.3 is 14.2 Å². The molecule has 0 unspecified atom stereocenters. The number of aromatic nitrogens is 2. The van der Waals surface area contributed by atoms with Crippen molar-refractivity contribution in [2.75, 3.05) is 0 Å². The Balaban J connectivity index is 1.45. The Labute approximate surface area is 137 Å². The minimum Gasteiger partial charge on any atom is -0.454 e. The van der Waals surface area contributed by atoms with E-state index in [9.17, 15) is 4.79 Å². The molecule has 0 amide bonds. The number of fused-ring (bicyclic) bond motifs is 1. The lowest BCUT2D eigenvalue weighted by Crippen LogP contribution is -2.05. The van der Waals surface area contributed by atoms with Crippen molar-refractivity contribution >= 4 is 16.9 Å². The number of H-pyrrole nitrogens is 1. The molecule has 0 spiro atoms. The van der Waals surface area contributed by atoms with Gasteiger partial charge >= 0.3 is 5.97 Å². The molecule has 4 rings (SSSR count). The largest absolute Gasteiger partial charge is 0.454 e. The SMILES string of the molecule is O=C(OCc1cc(-c2ccccc2)on1)c1cc2ccccc2[nH]1. The van der Waals surface area contributed by atoms with E-state index in [1.54, 1.807) is 12.1 Å². The molecule has 0 bridgehead atoms. The number of benzene rings is 2. The van der Waals surface area contributed by atoms with E-state index < -0.39 is 5.97 Å². The normalized spacial score (nSPS) is 10.8. The van der Waals surface area contributed by atoms with Gasteiger partial charge in [-0.1, -0.05) is 53.7 Å². The molecule has 118 valence electrons. The Morgan fingerprint density at radius 1 is 1.04 bits per heavy atom. The highest BCUT2D eigenvalue weighted by molar-refractivity contribution is 5.94. The summed E-state index contributed by atoms with van der Waals surface area (Å²) in [5.74, 6) is 0.225. The minimum atomic E-state index is -0.421. The van der Waals surface area contributed by atoms with Gasteiger partial charge in [-0.2, -0.15) is 0 Å². The number of hydrogen-bond acceptors (Lipinski definition) is 4. The van der Waals surface area contributed by atoms with E-state index in [0.29, 0.717) is 17.1 Å². The van der Waals surface area contributed by atoms with Gasteiger partial charge in [-0.25, -0.2) is 4.79 Å². The fourth-order valence-electron chi connectivity index (χ4n) is 2.52. The first-order valence-corrected chi connectivity index (χ1v) is 7.55. The van der Waals surface area contributed by atoms with Crippen LogP contribution in [0.5, 0.6) is 0 Å². The fraction of sp³-hybridized carbons (Fsp3) is 0.0526. The van der Waals surface area contributed by atoms with Crippen molar-refractivity contribution in [3.05, 3.63) is 78.1 Å². The average molecular weight is 318 g/mol. The monoisotopic (exact) mass is 318 g/mol. The van der Waals surface area contributed by atoms with Crippen LogP contribution in [0.4, 0.5) is 0 Å². The molecular formula is C19H14N2O3. The van der Waals surface area contributed by atoms with Crippen molar-refractivity contribution in [2.45, 2.75) is 6.61 Å². The van der Waals surface area contributed by atoms with Crippen LogP contribution in [0.1, 0.15) is 16.2 Å². The van der Waals surface area contributed by atoms with Gasteiger partial charge in [0.25, 0.3) is 0 Å². The minimum absolute atomic E-state index is 0.0601. The van der Waals surface area contributed by atoms with Gasteiger partial charge in [-0.05, 0) is 12.1 Å². The Morgan fingerprint density at radius 3 is 2.67 bits per heavy atom. The number of rotatable bonds is 4. The molecule has 24 heavy (non-hydrogen) atoms. The molecule has 0 atom stereocenters. The van der Waals surface area contributed by atoms with Crippen LogP contribution in [0.2, 0.25) is 0 Å². The summed E-state index contributed by atoms with van der Waals surface area (Å²) < 4.78 is 10.6. The standard InChI is InChI=1S/C19H14N2O3/c22-19(17-10-14-8-4-5-9-16(14)20-17)23-12-15-11-18(24-21-15)13-6-2-1-3-7-13/h1-11,20H,12H2. The lowest BCUT2D eigenvalue weighted by Gasteiger charge is -1.99. The summed E-state index contributed by atoms with van der Waals surface area (Å²) in [6.07, 6.45) is 0. The smallest absolute Gasteiger partial charge is 0.355 e. The summed E-state index contributed by atoms with van der Waals surface area (Å²) in [7, 11) is 0. The van der Waals surface area contributed by atoms with Crippen LogP contribution >= 0.6 is 0 Å². The van der Waals surface area contributed by atoms with E-state index in [1.807, 2.05) is 54.6 Å². The summed E-state index contributed by atoms with van der Waals surface area (Å²) in [6.45, 7) is 0.0601. The van der Waals surface area contributed by atoms with E-state index in [4.69, 9.17) is 9.26 Å². The first kappa shape index (κ1) is 14.3. The summed E-state index contributed by atoms with van der Waals surface area (Å²) in [5, 5.41) is 4.91. The second-order valence-corrected chi connectivity index (χ2v) is 5.39. The second-order valence-electron chi connectivity index (χ2n) is 5.39. The summed E-state index contributed by atoms with van der Waals surface area (Å²) in [6, 6.07) is 20.9. The molecule has 2 aromatic heterocycles. The van der Waals surface area contributed by atoms with Crippen molar-refractivity contribution in [2.24, 2.45) is 0 Å². The maximum Gasteiger partial charge on any atom is 0.355 e. The Morgan fingerprint density at radius 2 is 1.83 bits per heavy atom. The molecule has 0 aliphatic rings. The van der Waals surface area contributed by atoms with E-state index in [1.165, 1.54) is 0 Å². The van der Waals surface area contributed by atoms with E-state index in [0.717, 1.165) is 16.5 Å². The van der Waals surface area contributed by atoms with E-state index >= 15 is 0 Å². The third kappa shape index (κ3) is 2.79. The highest BCUT2D eigenvalue weighted by Crippen LogP contribution is 2.20. The van der Waals surface area contributed by atoms with Crippen LogP contribution in [0.3, 0.4) is 0 Å². The number of carbonyl (C=O) groups excluding carboxylic acids is 1. The van der Waals surface area contributed by atoms with Crippen LogP contribution in [-0.2, 0) is 11.3 Å². The van der Waals surface area contributed by atoms with Gasteiger partial charge in [0.1, 0.15) is 18.0 Å². The molecule has 0 aliphatic carbocycles. The Bertz CT molecular complexity index is 953. The second kappa shape index (κ2) is 6.04. The average Bonchev–Trinajstić information content (AvgIpc) is 3.27. The zero-order valence-electron chi connectivity index (χ0n) is 12.7. The van der Waals surface area contributed by atoms with E-state index in [-0.39, 0.29) is 6.61 Å². The van der Waals surface area contributed by atoms with Gasteiger partial charge in [0, 0.05) is 22.5 Å². The quantitative estimate of drug-likeness (QED) is 0.573. The highest BCUT2D eigenvalue weighted by Gasteiger charge is 2.13. The van der Waals surface area contributed by atoms with Gasteiger partial charge in [0.2, 0.25) is 0 Å². The lowest BCUT2D eigenvalue weighted by atomic mass is 10.2. The molecule has 0 fully saturated rings. The molecule has 5 nitrogen and oxygen atoms in total. The summed E-state index contributed by atoms with van der Waals surface area (Å²) in [4.78, 5) is 15.2. The molecular weight excluding hydrogens is 304 g/mol. The lowest BCUT2D eigenvalue weighted by molar-refractivity contribution is 0.0458. The number of hydrogen-bond donors (Lipinski definition) is 1. The maximum absolute atomic E-state index is 12.2. The molecule has 0 saturated carbocycles. The first-order valence-electron chi connectivity index (χ1n) is 7.55. The van der Waals surface area contributed by atoms with Crippen molar-refractivity contribution in [1.29, 1.82) is 0 Å². The van der Waals surface area contributed by atoms with Crippen LogP contribution in [0.25, 0.3) is 22.2 Å². The topological polar surface area (TPSA) is 68.1 Å². The van der Waals surface area contributed by atoms with Crippen molar-refractivity contribution in [1.82, 2.24) is 10.1 Å². The predicted octanol–water partition coefficient (Wildman–Crippen LogP) is 4.18.